The SMILES string of the molecule is CC1(C)Cc2nc(Cl)c(C=O)c(C3CCCC3)c2C(O[Si](C)(C)C(C)(C)C)C1. The minimum Gasteiger partial charge on any atom is -0.410 e. The fourth-order valence-corrected chi connectivity index (χ4v) is 6.19. The molecule has 2 aliphatic carbocycles. The normalized spacial score (nSPS) is 22.9. The average Bonchev–Trinajstić information content (AvgIpc) is 3.04. The van der Waals surface area contributed by atoms with Crippen molar-refractivity contribution in [1.82, 2.24) is 4.98 Å². The number of fused-ring (bicyclic) bond motifs is 1. The fourth-order valence-electron chi connectivity index (χ4n) is 4.67. The molecule has 0 aliphatic heterocycles. The summed E-state index contributed by atoms with van der Waals surface area (Å²) in [5, 5.41) is 0.509. The van der Waals surface area contributed by atoms with Gasteiger partial charge in [0.15, 0.2) is 14.6 Å². The summed E-state index contributed by atoms with van der Waals surface area (Å²) in [6.45, 7) is 16.0. The van der Waals surface area contributed by atoms with Gasteiger partial charge < -0.3 is 4.43 Å². The van der Waals surface area contributed by atoms with Crippen LogP contribution >= 0.6 is 11.6 Å². The molecular weight excluding hydrogens is 386 g/mol. The topological polar surface area (TPSA) is 39.2 Å². The number of aromatic nitrogens is 1. The van der Waals surface area contributed by atoms with E-state index in [9.17, 15) is 4.79 Å². The van der Waals surface area contributed by atoms with Crippen molar-refractivity contribution >= 4 is 26.2 Å². The molecule has 0 N–H and O–H groups in total. The van der Waals surface area contributed by atoms with Gasteiger partial charge in [-0.2, -0.15) is 0 Å². The fraction of sp³-hybridized carbons (Fsp3) is 0.739. The minimum atomic E-state index is -1.98. The van der Waals surface area contributed by atoms with Gasteiger partial charge in [0.1, 0.15) is 5.15 Å². The molecule has 0 bridgehead atoms. The van der Waals surface area contributed by atoms with E-state index in [1.807, 2.05) is 0 Å². The molecule has 0 amide bonds. The maximum Gasteiger partial charge on any atom is 0.192 e. The molecule has 3 rings (SSSR count). The molecule has 1 fully saturated rings. The first-order chi connectivity index (χ1) is 12.9. The standard InChI is InChI=1S/C23H36ClNO2Si/c1-22(2,3)28(6,7)27-18-13-23(4,5)12-17-20(18)19(15-10-8-9-11-15)16(14-26)21(24)25-17/h14-15,18H,8-13H2,1-7H3. The highest BCUT2D eigenvalue weighted by Gasteiger charge is 2.45. The van der Waals surface area contributed by atoms with E-state index in [1.54, 1.807) is 0 Å². The Morgan fingerprint density at radius 3 is 2.32 bits per heavy atom. The molecule has 2 aliphatic rings. The average molecular weight is 422 g/mol. The van der Waals surface area contributed by atoms with Crippen LogP contribution in [-0.2, 0) is 10.8 Å². The molecule has 1 aromatic heterocycles. The van der Waals surface area contributed by atoms with Gasteiger partial charge in [0.2, 0.25) is 0 Å². The predicted octanol–water partition coefficient (Wildman–Crippen LogP) is 7.24. The van der Waals surface area contributed by atoms with Gasteiger partial charge in [-0.15, -0.1) is 0 Å². The molecule has 1 saturated carbocycles. The largest absolute Gasteiger partial charge is 0.410 e. The Kier molecular flexibility index (Phi) is 5.90. The third kappa shape index (κ3) is 4.10. The van der Waals surface area contributed by atoms with E-state index >= 15 is 0 Å². The molecule has 1 heterocycles. The van der Waals surface area contributed by atoms with Gasteiger partial charge in [-0.3, -0.25) is 4.79 Å². The van der Waals surface area contributed by atoms with Crippen LogP contribution in [-0.4, -0.2) is 19.6 Å². The molecule has 1 atom stereocenters. The summed E-state index contributed by atoms with van der Waals surface area (Å²) in [4.78, 5) is 16.7. The number of aldehydes is 1. The number of hydrogen-bond acceptors (Lipinski definition) is 3. The van der Waals surface area contributed by atoms with E-state index in [-0.39, 0.29) is 16.6 Å². The molecule has 0 radical (unpaired) electrons. The van der Waals surface area contributed by atoms with Crippen LogP contribution in [0.1, 0.15) is 106 Å². The molecule has 156 valence electrons. The van der Waals surface area contributed by atoms with Crippen LogP contribution in [0.5, 0.6) is 0 Å². The summed E-state index contributed by atoms with van der Waals surface area (Å²) in [5.41, 5.74) is 4.11. The molecule has 3 nitrogen and oxygen atoms in total. The zero-order chi connectivity index (χ0) is 20.9. The van der Waals surface area contributed by atoms with E-state index in [0.29, 0.717) is 16.6 Å². The predicted molar refractivity (Wildman–Crippen MR) is 119 cm³/mol. The van der Waals surface area contributed by atoms with Crippen LogP contribution in [0, 0.1) is 5.41 Å². The molecule has 0 saturated heterocycles. The van der Waals surface area contributed by atoms with Crippen LogP contribution in [0.4, 0.5) is 0 Å². The minimum absolute atomic E-state index is 0.00120. The Morgan fingerprint density at radius 1 is 1.18 bits per heavy atom. The lowest BCUT2D eigenvalue weighted by atomic mass is 9.72. The van der Waals surface area contributed by atoms with Crippen molar-refractivity contribution in [2.75, 3.05) is 0 Å². The summed E-state index contributed by atoms with van der Waals surface area (Å²) in [5.74, 6) is 0.404. The van der Waals surface area contributed by atoms with E-state index in [0.717, 1.165) is 43.2 Å². The molecule has 28 heavy (non-hydrogen) atoms. The van der Waals surface area contributed by atoms with Crippen LogP contribution in [0.2, 0.25) is 23.3 Å². The quantitative estimate of drug-likeness (QED) is 0.292. The number of halogens is 1. The van der Waals surface area contributed by atoms with Gasteiger partial charge in [0.25, 0.3) is 0 Å². The first-order valence-corrected chi connectivity index (χ1v) is 14.0. The third-order valence-corrected chi connectivity index (χ3v) is 12.0. The van der Waals surface area contributed by atoms with Crippen LogP contribution in [0.15, 0.2) is 0 Å². The number of pyridine rings is 1. The van der Waals surface area contributed by atoms with Crippen molar-refractivity contribution in [2.24, 2.45) is 5.41 Å². The summed E-state index contributed by atoms with van der Waals surface area (Å²) >= 11 is 6.52. The van der Waals surface area contributed by atoms with Gasteiger partial charge in [0, 0.05) is 11.3 Å². The maximum absolute atomic E-state index is 12.0. The van der Waals surface area contributed by atoms with Gasteiger partial charge in [-0.1, -0.05) is 59.1 Å². The zero-order valence-corrected chi connectivity index (χ0v) is 20.4. The highest BCUT2D eigenvalue weighted by atomic mass is 35.5. The number of nitrogens with zero attached hydrogens (tertiary/aromatic N) is 1. The molecule has 0 aromatic carbocycles. The Bertz CT molecular complexity index is 761. The Morgan fingerprint density at radius 2 is 1.79 bits per heavy atom. The monoisotopic (exact) mass is 421 g/mol. The van der Waals surface area contributed by atoms with Gasteiger partial charge in [0.05, 0.1) is 11.7 Å². The second kappa shape index (κ2) is 7.52. The van der Waals surface area contributed by atoms with Gasteiger partial charge in [-0.25, -0.2) is 4.98 Å². The molecule has 1 aromatic rings. The molecule has 5 heteroatoms. The van der Waals surface area contributed by atoms with Crippen molar-refractivity contribution in [3.8, 4) is 0 Å². The van der Waals surface area contributed by atoms with Crippen molar-refractivity contribution < 1.29 is 9.22 Å². The van der Waals surface area contributed by atoms with Crippen LogP contribution in [0.3, 0.4) is 0 Å². The summed E-state index contributed by atoms with van der Waals surface area (Å²) < 4.78 is 6.98. The number of rotatable bonds is 4. The summed E-state index contributed by atoms with van der Waals surface area (Å²) in [6, 6.07) is 0. The van der Waals surface area contributed by atoms with E-state index in [2.05, 4.69) is 47.7 Å². The van der Waals surface area contributed by atoms with E-state index in [4.69, 9.17) is 21.0 Å². The lowest BCUT2D eigenvalue weighted by Crippen LogP contribution is -2.44. The maximum atomic E-state index is 12.0. The molecule has 0 spiro atoms. The highest BCUT2D eigenvalue weighted by molar-refractivity contribution is 6.74. The number of hydrogen-bond donors (Lipinski definition) is 0. The van der Waals surface area contributed by atoms with Crippen molar-refractivity contribution in [3.63, 3.8) is 0 Å². The van der Waals surface area contributed by atoms with Crippen molar-refractivity contribution in [2.45, 2.75) is 103 Å². The first-order valence-electron chi connectivity index (χ1n) is 10.7. The second-order valence-corrected chi connectivity index (χ2v) is 16.2. The summed E-state index contributed by atoms with van der Waals surface area (Å²) in [7, 11) is -1.98. The molecular formula is C23H36ClNO2Si. The number of carbonyl (C=O) groups is 1. The lowest BCUT2D eigenvalue weighted by Gasteiger charge is -2.45. The zero-order valence-electron chi connectivity index (χ0n) is 18.6. The Balaban J connectivity index is 2.18. The Labute approximate surface area is 176 Å². The van der Waals surface area contributed by atoms with Gasteiger partial charge in [-0.05, 0) is 60.7 Å². The van der Waals surface area contributed by atoms with Crippen molar-refractivity contribution in [3.05, 3.63) is 27.5 Å². The van der Waals surface area contributed by atoms with Crippen LogP contribution in [0.25, 0.3) is 0 Å². The Hall–Kier alpha value is -0.713. The van der Waals surface area contributed by atoms with E-state index in [1.165, 1.54) is 18.4 Å². The highest BCUT2D eigenvalue weighted by Crippen LogP contribution is 2.51. The second-order valence-electron chi connectivity index (χ2n) is 11.1. The molecule has 1 unspecified atom stereocenters. The summed E-state index contributed by atoms with van der Waals surface area (Å²) in [6.07, 6.45) is 7.47. The lowest BCUT2D eigenvalue weighted by molar-refractivity contribution is 0.104. The van der Waals surface area contributed by atoms with E-state index < -0.39 is 8.32 Å². The third-order valence-electron chi connectivity index (χ3n) is 7.18. The number of carbonyl (C=O) groups excluding carboxylic acids is 1. The van der Waals surface area contributed by atoms with Crippen molar-refractivity contribution in [1.29, 1.82) is 0 Å². The van der Waals surface area contributed by atoms with Crippen LogP contribution < -0.4 is 0 Å². The van der Waals surface area contributed by atoms with Gasteiger partial charge >= 0.3 is 0 Å². The smallest absolute Gasteiger partial charge is 0.192 e. The first kappa shape index (κ1) is 22.0.